The van der Waals surface area contributed by atoms with Crippen LogP contribution in [0, 0.1) is 5.92 Å². The molecule has 0 rings (SSSR count). The molecule has 0 aliphatic rings. The van der Waals surface area contributed by atoms with Gasteiger partial charge in [-0.2, -0.15) is 0 Å². The number of Topliss-reactive ketones (excluding diaryl/α,β-unsaturated/α-hetero) is 1. The molecule has 1 amide bonds. The SMILES string of the molecule is CCCCNC(C)(CC)C(=O)C(C)CC(=O)NCCC. The molecule has 2 atom stereocenters. The van der Waals surface area contributed by atoms with Gasteiger partial charge in [-0.3, -0.25) is 9.59 Å². The normalized spacial score (nSPS) is 15.4. The summed E-state index contributed by atoms with van der Waals surface area (Å²) in [5, 5.41) is 6.19. The first-order valence-corrected chi connectivity index (χ1v) is 7.97. The predicted octanol–water partition coefficient (Wildman–Crippen LogP) is 2.67. The summed E-state index contributed by atoms with van der Waals surface area (Å²) in [7, 11) is 0. The number of carbonyl (C=O) groups excluding carboxylic acids is 2. The van der Waals surface area contributed by atoms with Gasteiger partial charge in [-0.25, -0.2) is 0 Å². The van der Waals surface area contributed by atoms with Crippen LogP contribution in [-0.4, -0.2) is 30.3 Å². The number of nitrogens with one attached hydrogen (secondary N) is 2. The van der Waals surface area contributed by atoms with Crippen LogP contribution in [0.3, 0.4) is 0 Å². The van der Waals surface area contributed by atoms with E-state index in [1.54, 1.807) is 0 Å². The number of hydrogen-bond acceptors (Lipinski definition) is 3. The van der Waals surface area contributed by atoms with Crippen molar-refractivity contribution in [3.8, 4) is 0 Å². The standard InChI is InChI=1S/C16H32N2O2/c1-6-9-11-18-16(5,8-3)15(20)13(4)12-14(19)17-10-7-2/h13,18H,6-12H2,1-5H3,(H,17,19). The van der Waals surface area contributed by atoms with Gasteiger partial charge in [0.15, 0.2) is 5.78 Å². The third kappa shape index (κ3) is 6.51. The largest absolute Gasteiger partial charge is 0.356 e. The second kappa shape index (κ2) is 9.92. The Kier molecular flexibility index (Phi) is 9.47. The molecule has 0 aromatic heterocycles. The predicted molar refractivity (Wildman–Crippen MR) is 83.7 cm³/mol. The van der Waals surface area contributed by atoms with Crippen molar-refractivity contribution in [2.45, 2.75) is 72.3 Å². The molecule has 0 saturated heterocycles. The lowest BCUT2D eigenvalue weighted by molar-refractivity contribution is -0.132. The summed E-state index contributed by atoms with van der Waals surface area (Å²) in [4.78, 5) is 24.3. The third-order valence-electron chi connectivity index (χ3n) is 3.81. The Morgan fingerprint density at radius 2 is 1.75 bits per heavy atom. The summed E-state index contributed by atoms with van der Waals surface area (Å²) in [5.74, 6) is -0.131. The summed E-state index contributed by atoms with van der Waals surface area (Å²) in [6.07, 6.45) is 4.11. The van der Waals surface area contributed by atoms with E-state index in [-0.39, 0.29) is 24.0 Å². The minimum atomic E-state index is -0.514. The van der Waals surface area contributed by atoms with Crippen molar-refractivity contribution in [2.24, 2.45) is 5.92 Å². The Bertz CT molecular complexity index is 305. The molecule has 118 valence electrons. The molecule has 0 spiro atoms. The van der Waals surface area contributed by atoms with Crippen LogP contribution in [0.4, 0.5) is 0 Å². The van der Waals surface area contributed by atoms with Gasteiger partial charge < -0.3 is 10.6 Å². The quantitative estimate of drug-likeness (QED) is 0.573. The lowest BCUT2D eigenvalue weighted by atomic mass is 9.84. The van der Waals surface area contributed by atoms with Gasteiger partial charge in [-0.05, 0) is 32.7 Å². The minimum absolute atomic E-state index is 0.0280. The van der Waals surface area contributed by atoms with Gasteiger partial charge in [-0.1, -0.05) is 34.1 Å². The number of amides is 1. The van der Waals surface area contributed by atoms with Gasteiger partial charge in [0.1, 0.15) is 0 Å². The molecule has 20 heavy (non-hydrogen) atoms. The zero-order valence-electron chi connectivity index (χ0n) is 13.8. The maximum absolute atomic E-state index is 12.6. The molecule has 0 aliphatic heterocycles. The Morgan fingerprint density at radius 1 is 1.10 bits per heavy atom. The van der Waals surface area contributed by atoms with Crippen molar-refractivity contribution in [3.63, 3.8) is 0 Å². The number of unbranched alkanes of at least 4 members (excludes halogenated alkanes) is 1. The molecule has 4 nitrogen and oxygen atoms in total. The highest BCUT2D eigenvalue weighted by Gasteiger charge is 2.34. The zero-order valence-corrected chi connectivity index (χ0v) is 13.8. The molecule has 0 fully saturated rings. The summed E-state index contributed by atoms with van der Waals surface area (Å²) >= 11 is 0. The number of carbonyl (C=O) groups is 2. The zero-order chi connectivity index (χ0) is 15.6. The topological polar surface area (TPSA) is 58.2 Å². The van der Waals surface area contributed by atoms with E-state index >= 15 is 0 Å². The average molecular weight is 284 g/mol. The maximum atomic E-state index is 12.6. The highest BCUT2D eigenvalue weighted by molar-refractivity contribution is 5.93. The van der Waals surface area contributed by atoms with E-state index in [1.807, 2.05) is 27.7 Å². The van der Waals surface area contributed by atoms with Crippen molar-refractivity contribution in [1.82, 2.24) is 10.6 Å². The summed E-state index contributed by atoms with van der Waals surface area (Å²) in [6.45, 7) is 11.5. The Labute approximate surface area is 124 Å². The fourth-order valence-electron chi connectivity index (χ4n) is 2.18. The number of rotatable bonds is 11. The van der Waals surface area contributed by atoms with E-state index in [1.165, 1.54) is 0 Å². The molecule has 0 aromatic carbocycles. The van der Waals surface area contributed by atoms with Crippen molar-refractivity contribution in [3.05, 3.63) is 0 Å². The molecular weight excluding hydrogens is 252 g/mol. The van der Waals surface area contributed by atoms with Crippen molar-refractivity contribution >= 4 is 11.7 Å². The fourth-order valence-corrected chi connectivity index (χ4v) is 2.18. The first-order chi connectivity index (χ1) is 9.41. The second-order valence-corrected chi connectivity index (χ2v) is 5.79. The van der Waals surface area contributed by atoms with Gasteiger partial charge in [-0.15, -0.1) is 0 Å². The lowest BCUT2D eigenvalue weighted by Gasteiger charge is -2.31. The molecule has 4 heteroatoms. The van der Waals surface area contributed by atoms with E-state index in [0.717, 1.165) is 32.2 Å². The molecule has 2 unspecified atom stereocenters. The smallest absolute Gasteiger partial charge is 0.220 e. The molecule has 0 saturated carbocycles. The maximum Gasteiger partial charge on any atom is 0.220 e. The molecule has 0 aliphatic carbocycles. The van der Waals surface area contributed by atoms with E-state index < -0.39 is 5.54 Å². The average Bonchev–Trinajstić information content (AvgIpc) is 2.44. The van der Waals surface area contributed by atoms with Gasteiger partial charge in [0.05, 0.1) is 5.54 Å². The van der Waals surface area contributed by atoms with Crippen LogP contribution in [-0.2, 0) is 9.59 Å². The molecule has 2 N–H and O–H groups in total. The van der Waals surface area contributed by atoms with Crippen LogP contribution >= 0.6 is 0 Å². The van der Waals surface area contributed by atoms with Crippen LogP contribution in [0.15, 0.2) is 0 Å². The third-order valence-corrected chi connectivity index (χ3v) is 3.81. The highest BCUT2D eigenvalue weighted by Crippen LogP contribution is 2.19. The Morgan fingerprint density at radius 3 is 2.25 bits per heavy atom. The summed E-state index contributed by atoms with van der Waals surface area (Å²) < 4.78 is 0. The number of ketones is 1. The van der Waals surface area contributed by atoms with Crippen molar-refractivity contribution in [2.75, 3.05) is 13.1 Å². The van der Waals surface area contributed by atoms with Gasteiger partial charge in [0.2, 0.25) is 5.91 Å². The Balaban J connectivity index is 4.45. The minimum Gasteiger partial charge on any atom is -0.356 e. The summed E-state index contributed by atoms with van der Waals surface area (Å²) in [5.41, 5.74) is -0.514. The monoisotopic (exact) mass is 284 g/mol. The van der Waals surface area contributed by atoms with E-state index in [0.29, 0.717) is 6.54 Å². The van der Waals surface area contributed by atoms with Crippen LogP contribution in [0.5, 0.6) is 0 Å². The van der Waals surface area contributed by atoms with Crippen LogP contribution in [0.1, 0.15) is 66.7 Å². The first-order valence-electron chi connectivity index (χ1n) is 7.97. The van der Waals surface area contributed by atoms with Crippen LogP contribution in [0.25, 0.3) is 0 Å². The van der Waals surface area contributed by atoms with E-state index in [9.17, 15) is 9.59 Å². The number of hydrogen-bond donors (Lipinski definition) is 2. The van der Waals surface area contributed by atoms with Gasteiger partial charge in [0, 0.05) is 18.9 Å². The fraction of sp³-hybridized carbons (Fsp3) is 0.875. The Hall–Kier alpha value is -0.900. The van der Waals surface area contributed by atoms with Gasteiger partial charge in [0.25, 0.3) is 0 Å². The van der Waals surface area contributed by atoms with Crippen LogP contribution < -0.4 is 10.6 Å². The highest BCUT2D eigenvalue weighted by atomic mass is 16.2. The lowest BCUT2D eigenvalue weighted by Crippen LogP contribution is -2.52. The first kappa shape index (κ1) is 19.1. The molecule has 0 heterocycles. The molecule has 0 radical (unpaired) electrons. The summed E-state index contributed by atoms with van der Waals surface area (Å²) in [6, 6.07) is 0. The van der Waals surface area contributed by atoms with Crippen LogP contribution in [0.2, 0.25) is 0 Å². The van der Waals surface area contributed by atoms with E-state index in [4.69, 9.17) is 0 Å². The van der Waals surface area contributed by atoms with Gasteiger partial charge >= 0.3 is 0 Å². The van der Waals surface area contributed by atoms with Crippen molar-refractivity contribution < 1.29 is 9.59 Å². The molecular formula is C16H32N2O2. The molecule has 0 aromatic rings. The van der Waals surface area contributed by atoms with Crippen molar-refractivity contribution in [1.29, 1.82) is 0 Å². The van der Waals surface area contributed by atoms with E-state index in [2.05, 4.69) is 17.6 Å². The molecule has 0 bridgehead atoms. The second-order valence-electron chi connectivity index (χ2n) is 5.79.